The van der Waals surface area contributed by atoms with Gasteiger partial charge in [0.1, 0.15) is 17.3 Å². The first-order valence-electron chi connectivity index (χ1n) is 13.2. The maximum atomic E-state index is 14.0. The predicted octanol–water partition coefficient (Wildman–Crippen LogP) is 5.31. The van der Waals surface area contributed by atoms with Gasteiger partial charge in [-0.25, -0.2) is 14.6 Å². The van der Waals surface area contributed by atoms with Crippen LogP contribution < -0.4 is 19.6 Å². The maximum Gasteiger partial charge on any atom is 0.338 e. The minimum atomic E-state index is -1.03. The number of fused-ring (bicyclic) bond motifs is 1. The van der Waals surface area contributed by atoms with Crippen LogP contribution >= 0.6 is 27.3 Å². The van der Waals surface area contributed by atoms with Gasteiger partial charge in [-0.3, -0.25) is 9.36 Å². The Morgan fingerprint density at radius 2 is 1.98 bits per heavy atom. The number of hydrogen-bond donors (Lipinski definition) is 1. The van der Waals surface area contributed by atoms with Gasteiger partial charge in [0.05, 0.1) is 45.6 Å². The first-order chi connectivity index (χ1) is 20.2. The molecule has 0 radical (unpaired) electrons. The second-order valence-electron chi connectivity index (χ2n) is 9.40. The second-order valence-corrected chi connectivity index (χ2v) is 11.3. The highest BCUT2D eigenvalue weighted by atomic mass is 79.9. The minimum Gasteiger partial charge on any atom is -0.496 e. The fourth-order valence-corrected chi connectivity index (χ4v) is 6.37. The lowest BCUT2D eigenvalue weighted by Crippen LogP contribution is -2.40. The molecule has 0 amide bonds. The number of esters is 1. The van der Waals surface area contributed by atoms with Crippen LogP contribution in [0.1, 0.15) is 54.4 Å². The molecular weight excluding hydrogens is 624 g/mol. The molecule has 1 aliphatic heterocycles. The Bertz CT molecular complexity index is 1900. The van der Waals surface area contributed by atoms with E-state index in [9.17, 15) is 19.5 Å². The van der Waals surface area contributed by atoms with Crippen molar-refractivity contribution >= 4 is 45.3 Å². The van der Waals surface area contributed by atoms with Gasteiger partial charge in [-0.2, -0.15) is 0 Å². The SMILES string of the molecule is CCCC1=C(C(=O)OCC)C(c2ccc(OC)c(Br)c2)n2c(s/c(=C\c3ccc(-c4cccc(C(=O)O)c4)o3)c2=O)=N1. The van der Waals surface area contributed by atoms with E-state index in [1.807, 2.05) is 19.1 Å². The average Bonchev–Trinajstić information content (AvgIpc) is 3.57. The fraction of sp³-hybridized carbons (Fsp3) is 0.226. The Morgan fingerprint density at radius 1 is 1.17 bits per heavy atom. The van der Waals surface area contributed by atoms with Crippen molar-refractivity contribution in [1.82, 2.24) is 4.57 Å². The first-order valence-corrected chi connectivity index (χ1v) is 14.9. The summed E-state index contributed by atoms with van der Waals surface area (Å²) in [5, 5.41) is 9.32. The number of methoxy groups -OCH3 is 1. The third kappa shape index (κ3) is 5.62. The highest BCUT2D eigenvalue weighted by molar-refractivity contribution is 9.10. The van der Waals surface area contributed by atoms with E-state index in [-0.39, 0.29) is 17.7 Å². The second kappa shape index (κ2) is 12.3. The van der Waals surface area contributed by atoms with Gasteiger partial charge in [-0.05, 0) is 71.2 Å². The van der Waals surface area contributed by atoms with Crippen molar-refractivity contribution in [2.24, 2.45) is 4.99 Å². The first kappa shape index (κ1) is 29.3. The summed E-state index contributed by atoms with van der Waals surface area (Å²) in [7, 11) is 1.56. The van der Waals surface area contributed by atoms with Gasteiger partial charge in [-0.1, -0.05) is 42.9 Å². The van der Waals surface area contributed by atoms with Crippen LogP contribution in [-0.4, -0.2) is 35.3 Å². The Kier molecular flexibility index (Phi) is 8.60. The lowest BCUT2D eigenvalue weighted by Gasteiger charge is -2.26. The van der Waals surface area contributed by atoms with E-state index in [0.29, 0.717) is 59.9 Å². The third-order valence-corrected chi connectivity index (χ3v) is 8.28. The zero-order chi connectivity index (χ0) is 30.0. The number of nitrogens with zero attached hydrogens (tertiary/aromatic N) is 2. The molecule has 2 aromatic carbocycles. The number of furan rings is 1. The molecule has 0 saturated heterocycles. The summed E-state index contributed by atoms with van der Waals surface area (Å²) < 4.78 is 19.4. The van der Waals surface area contributed by atoms with Crippen LogP contribution in [0.2, 0.25) is 0 Å². The average molecular weight is 652 g/mol. The summed E-state index contributed by atoms with van der Waals surface area (Å²) >= 11 is 4.74. The molecule has 42 heavy (non-hydrogen) atoms. The number of carboxylic acids is 1. The molecule has 3 heterocycles. The smallest absolute Gasteiger partial charge is 0.338 e. The molecule has 0 bridgehead atoms. The topological polar surface area (TPSA) is 120 Å². The summed E-state index contributed by atoms with van der Waals surface area (Å²) in [5.41, 5.74) is 2.01. The Labute approximate surface area is 253 Å². The highest BCUT2D eigenvalue weighted by Gasteiger charge is 2.34. The van der Waals surface area contributed by atoms with Crippen LogP contribution in [-0.2, 0) is 9.53 Å². The summed E-state index contributed by atoms with van der Waals surface area (Å²) in [5.74, 6) is -0.0573. The van der Waals surface area contributed by atoms with Gasteiger partial charge < -0.3 is 19.0 Å². The van der Waals surface area contributed by atoms with Crippen LogP contribution in [0.4, 0.5) is 0 Å². The number of allylic oxidation sites excluding steroid dienone is 1. The molecule has 216 valence electrons. The summed E-state index contributed by atoms with van der Waals surface area (Å²) in [6.45, 7) is 3.92. The van der Waals surface area contributed by atoms with E-state index in [1.165, 1.54) is 28.0 Å². The van der Waals surface area contributed by atoms with Crippen molar-refractivity contribution in [2.45, 2.75) is 32.7 Å². The lowest BCUT2D eigenvalue weighted by molar-refractivity contribution is -0.139. The molecule has 11 heteroatoms. The van der Waals surface area contributed by atoms with Gasteiger partial charge in [0.2, 0.25) is 0 Å². The standard InChI is InChI=1S/C31H27BrN2O7S/c1-4-7-22-26(30(38)40-5-2)27(18-10-12-24(39-3)21(32)15-18)34-28(35)25(42-31(34)33-22)16-20-11-13-23(41-20)17-8-6-9-19(14-17)29(36)37/h6,8-16,27H,4-5,7H2,1-3H3,(H,36,37)/b25-16-. The zero-order valence-corrected chi connectivity index (χ0v) is 25.5. The van der Waals surface area contributed by atoms with Gasteiger partial charge in [-0.15, -0.1) is 0 Å². The zero-order valence-electron chi connectivity index (χ0n) is 23.0. The molecule has 0 fully saturated rings. The number of ether oxygens (including phenoxy) is 2. The van der Waals surface area contributed by atoms with Gasteiger partial charge in [0, 0.05) is 11.6 Å². The highest BCUT2D eigenvalue weighted by Crippen LogP contribution is 2.36. The monoisotopic (exact) mass is 650 g/mol. The number of aromatic nitrogens is 1. The fourth-order valence-electron chi connectivity index (χ4n) is 4.81. The minimum absolute atomic E-state index is 0.143. The lowest BCUT2D eigenvalue weighted by atomic mass is 9.94. The van der Waals surface area contributed by atoms with Crippen molar-refractivity contribution in [3.8, 4) is 17.1 Å². The van der Waals surface area contributed by atoms with Crippen LogP contribution in [0.15, 0.2) is 84.5 Å². The molecule has 0 aliphatic carbocycles. The van der Waals surface area contributed by atoms with Crippen molar-refractivity contribution < 1.29 is 28.6 Å². The third-order valence-electron chi connectivity index (χ3n) is 6.68. The number of rotatable bonds is 9. The van der Waals surface area contributed by atoms with E-state index < -0.39 is 18.0 Å². The van der Waals surface area contributed by atoms with E-state index >= 15 is 0 Å². The van der Waals surface area contributed by atoms with Crippen LogP contribution in [0.5, 0.6) is 5.75 Å². The molecular formula is C31H27BrN2O7S. The van der Waals surface area contributed by atoms with E-state index in [2.05, 4.69) is 15.9 Å². The Balaban J connectivity index is 1.66. The molecule has 0 saturated carbocycles. The number of aromatic carboxylic acids is 1. The Hall–Kier alpha value is -4.22. The predicted molar refractivity (Wildman–Crippen MR) is 161 cm³/mol. The molecule has 5 rings (SSSR count). The van der Waals surface area contributed by atoms with Crippen molar-refractivity contribution in [3.05, 3.63) is 107 Å². The van der Waals surface area contributed by atoms with Crippen LogP contribution in [0.25, 0.3) is 17.4 Å². The number of carboxylic acid groups (broad SMARTS) is 1. The maximum absolute atomic E-state index is 14.0. The van der Waals surface area contributed by atoms with Crippen molar-refractivity contribution in [2.75, 3.05) is 13.7 Å². The quantitative estimate of drug-likeness (QED) is 0.244. The summed E-state index contributed by atoms with van der Waals surface area (Å²) in [6.07, 6.45) is 2.90. The number of thiazole rings is 1. The van der Waals surface area contributed by atoms with Crippen LogP contribution in [0, 0.1) is 0 Å². The molecule has 1 unspecified atom stereocenters. The van der Waals surface area contributed by atoms with Gasteiger partial charge >= 0.3 is 11.9 Å². The molecule has 2 aromatic heterocycles. The summed E-state index contributed by atoms with van der Waals surface area (Å²) in [4.78, 5) is 43.9. The number of carbonyl (C=O) groups is 2. The molecule has 9 nitrogen and oxygen atoms in total. The molecule has 0 spiro atoms. The number of hydrogen-bond acceptors (Lipinski definition) is 8. The van der Waals surface area contributed by atoms with Gasteiger partial charge in [0.25, 0.3) is 5.56 Å². The van der Waals surface area contributed by atoms with Crippen molar-refractivity contribution in [3.63, 3.8) is 0 Å². The normalized spacial score (nSPS) is 14.9. The van der Waals surface area contributed by atoms with Gasteiger partial charge in [0.15, 0.2) is 4.80 Å². The number of halogens is 1. The Morgan fingerprint density at radius 3 is 2.67 bits per heavy atom. The number of carbonyl (C=O) groups excluding carboxylic acids is 1. The summed E-state index contributed by atoms with van der Waals surface area (Å²) in [6, 6.07) is 14.5. The van der Waals surface area contributed by atoms with Crippen LogP contribution in [0.3, 0.4) is 0 Å². The van der Waals surface area contributed by atoms with E-state index in [0.717, 1.165) is 6.42 Å². The largest absolute Gasteiger partial charge is 0.496 e. The van der Waals surface area contributed by atoms with Crippen molar-refractivity contribution in [1.29, 1.82) is 0 Å². The molecule has 1 N–H and O–H groups in total. The molecule has 4 aromatic rings. The van der Waals surface area contributed by atoms with E-state index in [4.69, 9.17) is 18.9 Å². The molecule has 1 aliphatic rings. The number of benzene rings is 2. The molecule has 1 atom stereocenters. The van der Waals surface area contributed by atoms with E-state index in [1.54, 1.807) is 50.4 Å².